The van der Waals surface area contributed by atoms with Crippen molar-refractivity contribution in [1.29, 1.82) is 0 Å². The van der Waals surface area contributed by atoms with Crippen molar-refractivity contribution in [3.8, 4) is 5.69 Å². The van der Waals surface area contributed by atoms with Gasteiger partial charge in [-0.1, -0.05) is 25.1 Å². The molecule has 6 heteroatoms. The van der Waals surface area contributed by atoms with E-state index in [1.165, 1.54) is 0 Å². The number of benzene rings is 1. The molecule has 0 fully saturated rings. The minimum atomic E-state index is 0.0584. The lowest BCUT2D eigenvalue weighted by Gasteiger charge is -2.12. The van der Waals surface area contributed by atoms with Gasteiger partial charge in [-0.05, 0) is 47.0 Å². The number of nitrogens with two attached hydrogens (primary N) is 1. The van der Waals surface area contributed by atoms with Crippen molar-refractivity contribution in [3.63, 3.8) is 0 Å². The van der Waals surface area contributed by atoms with Gasteiger partial charge in [-0.25, -0.2) is 4.68 Å². The van der Waals surface area contributed by atoms with Crippen LogP contribution in [0.4, 0.5) is 0 Å². The summed E-state index contributed by atoms with van der Waals surface area (Å²) in [5, 5.41) is 16.7. The number of aromatic nitrogens is 2. The first-order valence-corrected chi connectivity index (χ1v) is 7.26. The molecule has 0 spiro atoms. The van der Waals surface area contributed by atoms with Crippen LogP contribution in [-0.2, 0) is 12.8 Å². The van der Waals surface area contributed by atoms with E-state index in [9.17, 15) is 0 Å². The molecule has 0 saturated carbocycles. The quantitative estimate of drug-likeness (QED) is 0.390. The van der Waals surface area contributed by atoms with Gasteiger partial charge in [0.05, 0.1) is 16.9 Å². The Hall–Kier alpha value is -1.82. The smallest absolute Gasteiger partial charge is 0.173 e. The molecule has 2 aromatic rings. The van der Waals surface area contributed by atoms with Crippen LogP contribution in [0, 0.1) is 0 Å². The largest absolute Gasteiger partial charge is 0.409 e. The molecular formula is C14H17BrN4O. The van der Waals surface area contributed by atoms with Gasteiger partial charge in [-0.15, -0.1) is 0 Å². The number of aryl methyl sites for hydroxylation is 2. The van der Waals surface area contributed by atoms with Crippen LogP contribution in [0.15, 0.2) is 33.9 Å². The first kappa shape index (κ1) is 14.6. The highest BCUT2D eigenvalue weighted by atomic mass is 79.9. The molecule has 20 heavy (non-hydrogen) atoms. The highest BCUT2D eigenvalue weighted by Gasteiger charge is 2.16. The number of halogens is 1. The maximum absolute atomic E-state index is 8.97. The van der Waals surface area contributed by atoms with Crippen LogP contribution >= 0.6 is 15.9 Å². The van der Waals surface area contributed by atoms with Crippen molar-refractivity contribution in [3.05, 3.63) is 45.7 Å². The van der Waals surface area contributed by atoms with E-state index in [1.807, 2.05) is 22.9 Å². The SMILES string of the molecule is CCc1cc(CC)n(-c2cccc(Br)c2/C(N)=N/O)n1. The number of oxime groups is 1. The number of hydrogen-bond acceptors (Lipinski definition) is 3. The van der Waals surface area contributed by atoms with E-state index in [0.29, 0.717) is 5.56 Å². The Labute approximate surface area is 126 Å². The highest BCUT2D eigenvalue weighted by Crippen LogP contribution is 2.25. The van der Waals surface area contributed by atoms with Gasteiger partial charge in [-0.3, -0.25) is 0 Å². The molecule has 0 aliphatic carbocycles. The van der Waals surface area contributed by atoms with Crippen LogP contribution in [-0.4, -0.2) is 20.8 Å². The summed E-state index contributed by atoms with van der Waals surface area (Å²) in [5.74, 6) is 0.0584. The van der Waals surface area contributed by atoms with Gasteiger partial charge in [0, 0.05) is 10.2 Å². The third kappa shape index (κ3) is 2.56. The van der Waals surface area contributed by atoms with E-state index >= 15 is 0 Å². The number of amidine groups is 1. The second-order valence-electron chi connectivity index (χ2n) is 4.37. The van der Waals surface area contributed by atoms with Crippen LogP contribution in [0.25, 0.3) is 5.69 Å². The van der Waals surface area contributed by atoms with Gasteiger partial charge in [0.1, 0.15) is 0 Å². The Balaban J connectivity index is 2.69. The fourth-order valence-electron chi connectivity index (χ4n) is 2.10. The Kier molecular flexibility index (Phi) is 4.44. The van der Waals surface area contributed by atoms with Crippen LogP contribution < -0.4 is 5.73 Å². The lowest BCUT2D eigenvalue weighted by molar-refractivity contribution is 0.318. The second-order valence-corrected chi connectivity index (χ2v) is 5.22. The van der Waals surface area contributed by atoms with Crippen LogP contribution in [0.1, 0.15) is 30.8 Å². The van der Waals surface area contributed by atoms with E-state index < -0.39 is 0 Å². The maximum Gasteiger partial charge on any atom is 0.173 e. The summed E-state index contributed by atoms with van der Waals surface area (Å²) in [5.41, 5.74) is 9.34. The zero-order valence-corrected chi connectivity index (χ0v) is 13.1. The molecule has 5 nitrogen and oxygen atoms in total. The van der Waals surface area contributed by atoms with E-state index in [0.717, 1.165) is 34.4 Å². The Morgan fingerprint density at radius 2 is 2.15 bits per heavy atom. The molecule has 2 rings (SSSR count). The molecule has 3 N–H and O–H groups in total. The van der Waals surface area contributed by atoms with Crippen molar-refractivity contribution in [2.24, 2.45) is 10.9 Å². The first-order valence-electron chi connectivity index (χ1n) is 6.46. The summed E-state index contributed by atoms with van der Waals surface area (Å²) in [6.45, 7) is 4.14. The Morgan fingerprint density at radius 3 is 2.75 bits per heavy atom. The predicted molar refractivity (Wildman–Crippen MR) is 82.5 cm³/mol. The van der Waals surface area contributed by atoms with E-state index in [4.69, 9.17) is 10.9 Å². The van der Waals surface area contributed by atoms with Crippen LogP contribution in [0.2, 0.25) is 0 Å². The molecule has 106 valence electrons. The van der Waals surface area contributed by atoms with Crippen molar-refractivity contribution in [2.75, 3.05) is 0 Å². The van der Waals surface area contributed by atoms with E-state index in [1.54, 1.807) is 0 Å². The average molecular weight is 337 g/mol. The normalized spacial score (nSPS) is 11.8. The van der Waals surface area contributed by atoms with Crippen molar-refractivity contribution in [1.82, 2.24) is 9.78 Å². The number of rotatable bonds is 4. The zero-order valence-electron chi connectivity index (χ0n) is 11.5. The van der Waals surface area contributed by atoms with Crippen LogP contribution in [0.3, 0.4) is 0 Å². The predicted octanol–water partition coefficient (Wildman–Crippen LogP) is 2.85. The maximum atomic E-state index is 8.97. The average Bonchev–Trinajstić information content (AvgIpc) is 2.89. The van der Waals surface area contributed by atoms with Gasteiger partial charge < -0.3 is 10.9 Å². The summed E-state index contributed by atoms with van der Waals surface area (Å²) in [7, 11) is 0. The van der Waals surface area contributed by atoms with Crippen LogP contribution in [0.5, 0.6) is 0 Å². The molecule has 0 saturated heterocycles. The van der Waals surface area contributed by atoms with Gasteiger partial charge >= 0.3 is 0 Å². The van der Waals surface area contributed by atoms with Crippen molar-refractivity contribution >= 4 is 21.8 Å². The van der Waals surface area contributed by atoms with E-state index in [2.05, 4.69) is 46.1 Å². The molecule has 0 aliphatic rings. The third-order valence-electron chi connectivity index (χ3n) is 3.14. The lowest BCUT2D eigenvalue weighted by Crippen LogP contribution is -2.18. The van der Waals surface area contributed by atoms with Gasteiger partial charge in [0.2, 0.25) is 0 Å². The fourth-order valence-corrected chi connectivity index (χ4v) is 2.66. The van der Waals surface area contributed by atoms with Gasteiger partial charge in [-0.2, -0.15) is 5.10 Å². The van der Waals surface area contributed by atoms with Gasteiger partial charge in [0.25, 0.3) is 0 Å². The molecule has 0 bridgehead atoms. The molecule has 1 aromatic carbocycles. The molecule has 0 radical (unpaired) electrons. The minimum absolute atomic E-state index is 0.0584. The summed E-state index contributed by atoms with van der Waals surface area (Å²) in [4.78, 5) is 0. The second kappa shape index (κ2) is 6.09. The summed E-state index contributed by atoms with van der Waals surface area (Å²) in [6, 6.07) is 7.74. The minimum Gasteiger partial charge on any atom is -0.409 e. The molecule has 0 unspecified atom stereocenters. The summed E-state index contributed by atoms with van der Waals surface area (Å²) >= 11 is 3.44. The lowest BCUT2D eigenvalue weighted by atomic mass is 10.1. The summed E-state index contributed by atoms with van der Waals surface area (Å²) in [6.07, 6.45) is 1.72. The molecule has 0 amide bonds. The van der Waals surface area contributed by atoms with E-state index in [-0.39, 0.29) is 5.84 Å². The Morgan fingerprint density at radius 1 is 1.40 bits per heavy atom. The Bertz CT molecular complexity index is 649. The van der Waals surface area contributed by atoms with Gasteiger partial charge in [0.15, 0.2) is 5.84 Å². The monoisotopic (exact) mass is 336 g/mol. The number of hydrogen-bond donors (Lipinski definition) is 2. The number of nitrogens with zero attached hydrogens (tertiary/aromatic N) is 3. The van der Waals surface area contributed by atoms with Crippen molar-refractivity contribution in [2.45, 2.75) is 26.7 Å². The topological polar surface area (TPSA) is 76.4 Å². The molecular weight excluding hydrogens is 320 g/mol. The highest BCUT2D eigenvalue weighted by molar-refractivity contribution is 9.10. The zero-order chi connectivity index (χ0) is 14.7. The molecule has 1 aromatic heterocycles. The first-order chi connectivity index (χ1) is 9.62. The summed E-state index contributed by atoms with van der Waals surface area (Å²) < 4.78 is 2.62. The third-order valence-corrected chi connectivity index (χ3v) is 3.80. The standard InChI is InChI=1S/C14H17BrN4O/c1-3-9-8-10(4-2)19(17-9)12-7-5-6-11(15)13(12)14(16)18-20/h5-8,20H,3-4H2,1-2H3,(H2,16,18). The van der Waals surface area contributed by atoms with Crippen molar-refractivity contribution < 1.29 is 5.21 Å². The molecule has 1 heterocycles. The fraction of sp³-hybridized carbons (Fsp3) is 0.286. The molecule has 0 aliphatic heterocycles. The molecule has 0 atom stereocenters.